The van der Waals surface area contributed by atoms with E-state index in [1.165, 1.54) is 227 Å². The Morgan fingerprint density at radius 2 is 0.769 bits per heavy atom. The summed E-state index contributed by atoms with van der Waals surface area (Å²) in [6, 6.07) is 82.3. The second-order valence-electron chi connectivity index (χ2n) is 33.8. The zero-order valence-electron chi connectivity index (χ0n) is 63.0. The molecule has 0 radical (unpaired) electrons. The predicted molar refractivity (Wildman–Crippen MR) is 439 cm³/mol. The fraction of sp³-hybridized carbons (Fsp3) is 0.287. The van der Waals surface area contributed by atoms with Crippen molar-refractivity contribution in [1.29, 1.82) is 0 Å². The highest BCUT2D eigenvalue weighted by atomic mass is 16.3. The molecule has 0 fully saturated rings. The highest BCUT2D eigenvalue weighted by Gasteiger charge is 2.50. The molecule has 0 atom stereocenters. The van der Waals surface area contributed by atoms with Gasteiger partial charge in [-0.3, -0.25) is 0 Å². The van der Waals surface area contributed by atoms with Crippen LogP contribution in [-0.4, -0.2) is 0 Å². The summed E-state index contributed by atoms with van der Waals surface area (Å²) in [4.78, 5) is 2.55. The van der Waals surface area contributed by atoms with Crippen molar-refractivity contribution in [2.75, 3.05) is 4.90 Å². The molecule has 104 heavy (non-hydrogen) atoms. The van der Waals surface area contributed by atoms with Crippen molar-refractivity contribution in [2.24, 2.45) is 0 Å². The first-order valence-electron chi connectivity index (χ1n) is 39.2. The number of para-hydroxylation sites is 2. The van der Waals surface area contributed by atoms with E-state index in [-0.39, 0.29) is 27.1 Å². The highest BCUT2D eigenvalue weighted by molar-refractivity contribution is 6.22. The van der Waals surface area contributed by atoms with Gasteiger partial charge >= 0.3 is 0 Å². The van der Waals surface area contributed by atoms with Gasteiger partial charge in [0.1, 0.15) is 22.3 Å². The molecule has 0 amide bonds. The summed E-state index contributed by atoms with van der Waals surface area (Å²) in [5.41, 5.74) is 40.7. The summed E-state index contributed by atoms with van der Waals surface area (Å²) in [5, 5.41) is 4.74. The van der Waals surface area contributed by atoms with Gasteiger partial charge in [0.05, 0.1) is 0 Å². The second-order valence-corrected chi connectivity index (χ2v) is 33.8. The molecule has 3 heteroatoms. The summed E-state index contributed by atoms with van der Waals surface area (Å²) in [7, 11) is 0. The molecule has 2 aromatic heterocycles. The van der Waals surface area contributed by atoms with E-state index in [0.29, 0.717) is 0 Å². The van der Waals surface area contributed by atoms with Crippen LogP contribution in [0.25, 0.3) is 122 Å². The number of rotatable bonds is 17. The summed E-state index contributed by atoms with van der Waals surface area (Å²) in [6.07, 6.45) is 15.4. The van der Waals surface area contributed by atoms with Crippen molar-refractivity contribution in [3.8, 4) is 77.9 Å². The fourth-order valence-electron chi connectivity index (χ4n) is 21.0. The van der Waals surface area contributed by atoms with Crippen molar-refractivity contribution in [3.05, 3.63) is 279 Å². The maximum Gasteiger partial charge on any atom is 0.144 e. The molecule has 0 N–H and O–H groups in total. The molecule has 19 rings (SSSR count). The minimum absolute atomic E-state index is 0.0325. The van der Waals surface area contributed by atoms with Crippen LogP contribution in [0.4, 0.5) is 17.1 Å². The molecule has 0 spiro atoms. The van der Waals surface area contributed by atoms with Gasteiger partial charge < -0.3 is 13.7 Å². The Morgan fingerprint density at radius 3 is 1.40 bits per heavy atom. The van der Waals surface area contributed by atoms with Gasteiger partial charge in [0, 0.05) is 76.8 Å². The van der Waals surface area contributed by atoms with Gasteiger partial charge in [-0.25, -0.2) is 0 Å². The smallest absolute Gasteiger partial charge is 0.144 e. The van der Waals surface area contributed by atoms with Crippen molar-refractivity contribution in [2.45, 2.75) is 187 Å². The number of benzene rings is 12. The zero-order chi connectivity index (χ0) is 71.1. The lowest BCUT2D eigenvalue weighted by Crippen LogP contribution is -2.25. The van der Waals surface area contributed by atoms with Gasteiger partial charge in [0.2, 0.25) is 0 Å². The summed E-state index contributed by atoms with van der Waals surface area (Å²) >= 11 is 0. The number of hydrogen-bond acceptors (Lipinski definition) is 3. The quantitative estimate of drug-likeness (QED) is 0.0851. The molecule has 5 aliphatic rings. The van der Waals surface area contributed by atoms with E-state index >= 15 is 0 Å². The molecule has 14 aromatic rings. The molecule has 0 aliphatic heterocycles. The summed E-state index contributed by atoms with van der Waals surface area (Å²) < 4.78 is 14.3. The van der Waals surface area contributed by atoms with E-state index in [1.807, 2.05) is 0 Å². The monoisotopic (exact) mass is 1350 g/mol. The number of furan rings is 2. The first-order valence-corrected chi connectivity index (χ1v) is 39.2. The molecule has 516 valence electrons. The first kappa shape index (κ1) is 64.8. The Morgan fingerprint density at radius 1 is 0.317 bits per heavy atom. The maximum absolute atomic E-state index is 7.24. The lowest BCUT2D eigenvalue weighted by atomic mass is 9.70. The Kier molecular flexibility index (Phi) is 14.7. The van der Waals surface area contributed by atoms with Gasteiger partial charge in [0.15, 0.2) is 0 Å². The standard InChI is InChI=1S/C101H95NO2/c1-13-15-17-19-29-51-101(52-30-20-18-16-14-2)78-36-26-21-31-67(78)70-46-41-63(55-83(70)101)62-40-45-68-69-47-42-64(56-80(69)97(5,6)79(68)54-62)76-59-84-88(90-74-33-23-27-37-86(74)103-95(76)90)72-48-43-65(57-81(72)98(84,7)8)102(85-50-39-60(3)53-61(85)4)66-44-49-73-82(58-66)100(11,12)93-89(73)91-75-34-24-28-38-87(75)104-96(91)92-71-32-22-25-35-77(71)99(9,10)94(92)93/h21-28,31-50,53-59H,13-20,29-30,51-52H2,1-12H3. The third-order valence-electron chi connectivity index (χ3n) is 26.3. The van der Waals surface area contributed by atoms with E-state index in [9.17, 15) is 0 Å². The van der Waals surface area contributed by atoms with Crippen molar-refractivity contribution in [1.82, 2.24) is 0 Å². The van der Waals surface area contributed by atoms with Gasteiger partial charge in [-0.15, -0.1) is 0 Å². The van der Waals surface area contributed by atoms with Gasteiger partial charge in [-0.1, -0.05) is 285 Å². The molecule has 3 nitrogen and oxygen atoms in total. The second kappa shape index (κ2) is 23.5. The number of hydrogen-bond donors (Lipinski definition) is 0. The van der Waals surface area contributed by atoms with Crippen molar-refractivity contribution < 1.29 is 8.83 Å². The molecule has 0 saturated heterocycles. The SMILES string of the molecule is CCCCCCCC1(CCCCCCC)c2ccccc2-c2ccc(-c3ccc4c(c3)C(C)(C)c3cc(-c5cc6c(c7c5oc5ccccc57)-c5ccc(N(c7ccc8c(c7)C(C)(C)c7c9c(c%10oc%11ccccc%11c%10c7-8)-c7ccccc7C9(C)C)c7ccc(C)cc7C)cc5C6(C)C)ccc3-4)cc21. The number of nitrogens with zero attached hydrogens (tertiary/aromatic N) is 1. The van der Waals surface area contributed by atoms with Crippen LogP contribution in [0.2, 0.25) is 0 Å². The van der Waals surface area contributed by atoms with Crippen LogP contribution in [0.5, 0.6) is 0 Å². The Hall–Kier alpha value is -9.96. The van der Waals surface area contributed by atoms with Crippen LogP contribution in [0.3, 0.4) is 0 Å². The topological polar surface area (TPSA) is 29.5 Å². The maximum atomic E-state index is 7.24. The minimum atomic E-state index is -0.382. The molecule has 12 aromatic carbocycles. The minimum Gasteiger partial charge on any atom is -0.455 e. The van der Waals surface area contributed by atoms with E-state index < -0.39 is 0 Å². The lowest BCUT2D eigenvalue weighted by molar-refractivity contribution is 0.399. The predicted octanol–water partition coefficient (Wildman–Crippen LogP) is 29.1. The summed E-state index contributed by atoms with van der Waals surface area (Å²) in [5.74, 6) is 0. The number of fused-ring (bicyclic) bond motifs is 25. The molecular weight excluding hydrogens is 1260 g/mol. The number of anilines is 3. The molecular formula is C101H95NO2. The highest BCUT2D eigenvalue weighted by Crippen LogP contribution is 2.65. The van der Waals surface area contributed by atoms with Crippen molar-refractivity contribution >= 4 is 60.9 Å². The molecule has 0 unspecified atom stereocenters. The third kappa shape index (κ3) is 9.19. The van der Waals surface area contributed by atoms with Crippen LogP contribution in [0.15, 0.2) is 221 Å². The van der Waals surface area contributed by atoms with Crippen LogP contribution in [0.1, 0.15) is 213 Å². The Labute approximate surface area is 615 Å². The van der Waals surface area contributed by atoms with Crippen LogP contribution in [-0.2, 0) is 27.1 Å². The number of unbranched alkanes of at least 4 members (excludes halogenated alkanes) is 8. The van der Waals surface area contributed by atoms with E-state index in [4.69, 9.17) is 8.83 Å². The van der Waals surface area contributed by atoms with Crippen LogP contribution in [0, 0.1) is 13.8 Å². The first-order chi connectivity index (χ1) is 50.3. The molecule has 0 bridgehead atoms. The lowest BCUT2D eigenvalue weighted by Gasteiger charge is -2.33. The van der Waals surface area contributed by atoms with Crippen LogP contribution >= 0.6 is 0 Å². The molecule has 5 aliphatic carbocycles. The van der Waals surface area contributed by atoms with Crippen molar-refractivity contribution in [3.63, 3.8) is 0 Å². The van der Waals surface area contributed by atoms with E-state index in [0.717, 1.165) is 44.7 Å². The van der Waals surface area contributed by atoms with E-state index in [2.05, 4.69) is 300 Å². The number of aryl methyl sites for hydroxylation is 2. The van der Waals surface area contributed by atoms with Gasteiger partial charge in [-0.2, -0.15) is 0 Å². The average Bonchev–Trinajstić information content (AvgIpc) is 1.51. The van der Waals surface area contributed by atoms with Crippen LogP contribution < -0.4 is 4.90 Å². The Balaban J connectivity index is 0.704. The fourth-order valence-corrected chi connectivity index (χ4v) is 21.0. The summed E-state index contributed by atoms with van der Waals surface area (Å²) in [6.45, 7) is 28.8. The van der Waals surface area contributed by atoms with Gasteiger partial charge in [0.25, 0.3) is 0 Å². The third-order valence-corrected chi connectivity index (χ3v) is 26.3. The Bertz CT molecular complexity index is 5930. The average molecular weight is 1350 g/mol. The molecule has 2 heterocycles. The largest absolute Gasteiger partial charge is 0.455 e. The van der Waals surface area contributed by atoms with Gasteiger partial charge in [-0.05, 0) is 221 Å². The normalized spacial score (nSPS) is 15.8. The molecule has 0 saturated carbocycles. The zero-order valence-corrected chi connectivity index (χ0v) is 63.0. The van der Waals surface area contributed by atoms with E-state index in [1.54, 1.807) is 11.1 Å².